The minimum atomic E-state index is -4.38. The largest absolute Gasteiger partial charge is 0.744 e. The van der Waals surface area contributed by atoms with Gasteiger partial charge in [0, 0.05) is 11.1 Å². The van der Waals surface area contributed by atoms with Gasteiger partial charge in [0.2, 0.25) is 0 Å². The van der Waals surface area contributed by atoms with Gasteiger partial charge in [-0.1, -0.05) is 115 Å². The molecule has 0 saturated heterocycles. The summed E-state index contributed by atoms with van der Waals surface area (Å²) in [5, 5.41) is 1.23. The van der Waals surface area contributed by atoms with Crippen molar-refractivity contribution in [1.82, 2.24) is 0 Å². The Balaban J connectivity index is 0.000000153. The number of fused-ring (bicyclic) bond motifs is 1. The van der Waals surface area contributed by atoms with E-state index in [0.29, 0.717) is 5.39 Å². The maximum absolute atomic E-state index is 10.9. The molecule has 0 spiro atoms. The van der Waals surface area contributed by atoms with E-state index in [1.807, 2.05) is 12.1 Å². The lowest BCUT2D eigenvalue weighted by Gasteiger charge is -2.09. The molecule has 0 unspecified atom stereocenters. The predicted octanol–water partition coefficient (Wildman–Crippen LogP) is 7.08. The molecule has 0 aliphatic heterocycles. The third-order valence-electron chi connectivity index (χ3n) is 5.58. The zero-order chi connectivity index (χ0) is 26.1. The predicted molar refractivity (Wildman–Crippen MR) is 153 cm³/mol. The van der Waals surface area contributed by atoms with E-state index in [1.54, 1.807) is 36.4 Å². The smallest absolute Gasteiger partial charge is 0.156 e. The summed E-state index contributed by atoms with van der Waals surface area (Å²) in [4.78, 5) is 1.07. The van der Waals surface area contributed by atoms with Crippen LogP contribution in [0, 0.1) is 20.8 Å². The van der Waals surface area contributed by atoms with Gasteiger partial charge < -0.3 is 4.55 Å². The quantitative estimate of drug-likeness (QED) is 0.187. The summed E-state index contributed by atoms with van der Waals surface area (Å²) in [6, 6.07) is 36.7. The molecule has 5 aromatic carbocycles. The molecule has 36 heavy (non-hydrogen) atoms. The van der Waals surface area contributed by atoms with E-state index in [1.165, 1.54) is 38.8 Å². The summed E-state index contributed by atoms with van der Waals surface area (Å²) >= 11 is 3.56. The summed E-state index contributed by atoms with van der Waals surface area (Å²) in [7, 11) is -4.38. The van der Waals surface area contributed by atoms with Crippen LogP contribution in [0.15, 0.2) is 125 Å². The summed E-state index contributed by atoms with van der Waals surface area (Å²) in [5.74, 6) is 0. The number of hydrogen-bond donors (Lipinski definition) is 0. The second-order valence-electron chi connectivity index (χ2n) is 8.44. The zero-order valence-electron chi connectivity index (χ0n) is 20.6. The van der Waals surface area contributed by atoms with Crippen molar-refractivity contribution in [3.8, 4) is 11.1 Å². The van der Waals surface area contributed by atoms with Gasteiger partial charge >= 0.3 is 0 Å². The second kappa shape index (κ2) is 12.5. The number of benzene rings is 5. The molecule has 0 heterocycles. The van der Waals surface area contributed by atoms with Gasteiger partial charge in [0.1, 0.15) is 10.1 Å². The van der Waals surface area contributed by atoms with Crippen molar-refractivity contribution in [2.45, 2.75) is 30.6 Å². The minimum absolute atomic E-state index is 0.157. The lowest BCUT2D eigenvalue weighted by atomic mass is 10.1. The Morgan fingerprint density at radius 1 is 0.611 bits per heavy atom. The first-order valence-electron chi connectivity index (χ1n) is 11.5. The summed E-state index contributed by atoms with van der Waals surface area (Å²) in [6.07, 6.45) is 0. The molecule has 5 rings (SSSR count). The van der Waals surface area contributed by atoms with Gasteiger partial charge in [-0.25, -0.2) is 8.42 Å². The first kappa shape index (κ1) is 27.2. The molecule has 0 saturated carbocycles. The van der Waals surface area contributed by atoms with Gasteiger partial charge in [0.05, 0.1) is 4.90 Å². The summed E-state index contributed by atoms with van der Waals surface area (Å²) in [6.45, 7) is 6.34. The first-order valence-corrected chi connectivity index (χ1v) is 13.4. The molecule has 3 nitrogen and oxygen atoms in total. The molecule has 0 aliphatic carbocycles. The molecule has 0 fully saturated rings. The highest BCUT2D eigenvalue weighted by Gasteiger charge is 2.05. The Labute approximate surface area is 219 Å². The van der Waals surface area contributed by atoms with Crippen molar-refractivity contribution in [2.75, 3.05) is 0 Å². The Kier molecular flexibility index (Phi) is 9.48. The molecule has 0 bridgehead atoms. The van der Waals surface area contributed by atoms with Gasteiger partial charge in [-0.15, -0.1) is 0 Å². The maximum atomic E-state index is 10.9. The summed E-state index contributed by atoms with van der Waals surface area (Å²) < 4.78 is 32.7. The van der Waals surface area contributed by atoms with Crippen molar-refractivity contribution in [3.63, 3.8) is 0 Å². The highest BCUT2D eigenvalue weighted by molar-refractivity contribution is 7.86. The van der Waals surface area contributed by atoms with Gasteiger partial charge in [-0.3, -0.25) is 0 Å². The van der Waals surface area contributed by atoms with Crippen LogP contribution < -0.4 is 0 Å². The molecule has 0 N–H and O–H groups in total. The van der Waals surface area contributed by atoms with E-state index in [4.69, 9.17) is 0 Å². The highest BCUT2D eigenvalue weighted by atomic mass is 32.2. The molecule has 0 radical (unpaired) electrons. The topological polar surface area (TPSA) is 57.2 Å². The average Bonchev–Trinajstić information content (AvgIpc) is 2.88. The summed E-state index contributed by atoms with van der Waals surface area (Å²) in [5.41, 5.74) is 6.51. The first-order chi connectivity index (χ1) is 17.2. The zero-order valence-corrected chi connectivity index (χ0v) is 22.4. The van der Waals surface area contributed by atoms with Crippen molar-refractivity contribution in [3.05, 3.63) is 132 Å². The van der Waals surface area contributed by atoms with Crippen LogP contribution in [0.2, 0.25) is 0 Å². The molecular formula is C31H30O3S2. The van der Waals surface area contributed by atoms with Crippen LogP contribution in [-0.4, -0.2) is 13.0 Å². The number of rotatable bonds is 2. The molecule has 0 amide bonds. The fourth-order valence-corrected chi connectivity index (χ4v) is 4.70. The number of aryl methyl sites for hydroxylation is 3. The minimum Gasteiger partial charge on any atom is -0.744 e. The molecule has 0 atom stereocenters. The van der Waals surface area contributed by atoms with Crippen LogP contribution in [0.4, 0.5) is 0 Å². The fraction of sp³-hybridized carbons (Fsp3) is 0.0968. The molecule has 5 aromatic rings. The fourth-order valence-electron chi connectivity index (χ4n) is 3.85. The SMILES string of the molecule is Cc1cc(C)c([SH2+])c(C)c1.O=S(=O)([O-])c1cccc2ccccc12.c1ccc(-c2ccccc2)cc1. The van der Waals surface area contributed by atoms with Crippen LogP contribution in [0.3, 0.4) is 0 Å². The molecule has 5 heteroatoms. The average molecular weight is 515 g/mol. The normalized spacial score (nSPS) is 10.6. The van der Waals surface area contributed by atoms with E-state index in [-0.39, 0.29) is 4.90 Å². The number of hydrogen-bond acceptors (Lipinski definition) is 3. The molecule has 0 aromatic heterocycles. The van der Waals surface area contributed by atoms with Crippen LogP contribution in [0.1, 0.15) is 16.7 Å². The van der Waals surface area contributed by atoms with E-state index in [2.05, 4.69) is 94.1 Å². The Morgan fingerprint density at radius 2 is 1.06 bits per heavy atom. The van der Waals surface area contributed by atoms with Gasteiger partial charge in [0.15, 0.2) is 4.90 Å². The van der Waals surface area contributed by atoms with Crippen LogP contribution in [-0.2, 0) is 22.7 Å². The van der Waals surface area contributed by atoms with Gasteiger partial charge in [-0.05, 0) is 61.4 Å². The van der Waals surface area contributed by atoms with E-state index in [0.717, 1.165) is 5.39 Å². The Hall–Kier alpha value is -3.38. The van der Waals surface area contributed by atoms with E-state index >= 15 is 0 Å². The van der Waals surface area contributed by atoms with Crippen LogP contribution in [0.5, 0.6) is 0 Å². The maximum Gasteiger partial charge on any atom is 0.156 e. The van der Waals surface area contributed by atoms with Crippen molar-refractivity contribution in [2.24, 2.45) is 0 Å². The third-order valence-corrected chi connectivity index (χ3v) is 7.26. The lowest BCUT2D eigenvalue weighted by molar-refractivity contribution is 0.464. The van der Waals surface area contributed by atoms with Crippen molar-refractivity contribution < 1.29 is 13.0 Å². The van der Waals surface area contributed by atoms with Crippen LogP contribution >= 0.6 is 0 Å². The van der Waals surface area contributed by atoms with E-state index < -0.39 is 10.1 Å². The monoisotopic (exact) mass is 514 g/mol. The van der Waals surface area contributed by atoms with E-state index in [9.17, 15) is 13.0 Å². The molecule has 184 valence electrons. The second-order valence-corrected chi connectivity index (χ2v) is 10.3. The Bertz CT molecular complexity index is 1460. The molecule has 0 aliphatic rings. The third kappa shape index (κ3) is 7.56. The van der Waals surface area contributed by atoms with Gasteiger partial charge in [-0.2, -0.15) is 0 Å². The van der Waals surface area contributed by atoms with Crippen LogP contribution in [0.25, 0.3) is 21.9 Å². The lowest BCUT2D eigenvalue weighted by Crippen LogP contribution is -1.98. The standard InChI is InChI=1S/C12H10.C10H8O3S.C9H12S/c1-3-7-11(8-4-1)12-9-5-2-6-10-12;11-14(12,13)10-7-3-5-8-4-1-2-6-9(8)10;1-6-4-7(2)9(10)8(3)5-6/h1-10H;1-7H,(H,11,12,13);4-5,10H,1-3H3. The Morgan fingerprint density at radius 3 is 1.56 bits per heavy atom. The van der Waals surface area contributed by atoms with Crippen molar-refractivity contribution >= 4 is 33.5 Å². The van der Waals surface area contributed by atoms with Crippen molar-refractivity contribution in [1.29, 1.82) is 0 Å². The highest BCUT2D eigenvalue weighted by Crippen LogP contribution is 2.22. The van der Waals surface area contributed by atoms with Gasteiger partial charge in [0.25, 0.3) is 0 Å². The molecular weight excluding hydrogens is 484 g/mol.